The predicted octanol–water partition coefficient (Wildman–Crippen LogP) is 3.35. The number of nitro groups is 1. The molecule has 0 aliphatic rings. The van der Waals surface area contributed by atoms with E-state index in [2.05, 4.69) is 34.7 Å². The zero-order valence-electron chi connectivity index (χ0n) is 11.4. The molecule has 19 heavy (non-hydrogen) atoms. The van der Waals surface area contributed by atoms with E-state index in [9.17, 15) is 10.1 Å². The van der Waals surface area contributed by atoms with Gasteiger partial charge in [0, 0.05) is 42.3 Å². The van der Waals surface area contributed by atoms with Crippen LogP contribution in [-0.4, -0.2) is 31.2 Å². The van der Waals surface area contributed by atoms with Crippen molar-refractivity contribution in [2.75, 3.05) is 25.2 Å². The van der Waals surface area contributed by atoms with Crippen molar-refractivity contribution in [3.63, 3.8) is 0 Å². The number of halogens is 1. The fourth-order valence-electron chi connectivity index (χ4n) is 1.91. The van der Waals surface area contributed by atoms with Crippen LogP contribution in [0.5, 0.6) is 0 Å². The van der Waals surface area contributed by atoms with Gasteiger partial charge in [-0.05, 0) is 26.0 Å². The maximum Gasteiger partial charge on any atom is 0.273 e. The number of anilines is 1. The van der Waals surface area contributed by atoms with E-state index in [0.29, 0.717) is 23.5 Å². The molecule has 0 atom stereocenters. The summed E-state index contributed by atoms with van der Waals surface area (Å²) in [4.78, 5) is 12.7. The van der Waals surface area contributed by atoms with Gasteiger partial charge in [-0.25, -0.2) is 0 Å². The summed E-state index contributed by atoms with van der Waals surface area (Å²) in [5, 5.41) is 11.4. The molecule has 0 saturated heterocycles. The lowest BCUT2D eigenvalue weighted by atomic mass is 10.1. The number of hydrogen-bond donors (Lipinski definition) is 0. The van der Waals surface area contributed by atoms with Gasteiger partial charge in [-0.1, -0.05) is 15.9 Å². The van der Waals surface area contributed by atoms with Crippen molar-refractivity contribution in [3.05, 3.63) is 33.9 Å². The molecule has 0 spiro atoms. The first-order valence-corrected chi connectivity index (χ1v) is 7.22. The average Bonchev–Trinajstić information content (AvgIpc) is 2.38. The maximum absolute atomic E-state index is 10.9. The molecule has 0 fully saturated rings. The average molecular weight is 331 g/mol. The Morgan fingerprint density at radius 1 is 1.47 bits per heavy atom. The van der Waals surface area contributed by atoms with Crippen molar-refractivity contribution in [2.45, 2.75) is 25.2 Å². The highest BCUT2D eigenvalue weighted by molar-refractivity contribution is 9.08. The molecule has 0 unspecified atom stereocenters. The van der Waals surface area contributed by atoms with Crippen molar-refractivity contribution in [1.82, 2.24) is 0 Å². The highest BCUT2D eigenvalue weighted by Gasteiger charge is 2.17. The summed E-state index contributed by atoms with van der Waals surface area (Å²) in [5.74, 6) is 0. The Morgan fingerprint density at radius 3 is 2.63 bits per heavy atom. The number of rotatable bonds is 7. The number of methoxy groups -OCH3 is 1. The number of alkyl halides is 1. The molecular formula is C13H19BrN2O3. The summed E-state index contributed by atoms with van der Waals surface area (Å²) in [5.41, 5.74) is 1.81. The molecule has 1 aromatic rings. The van der Waals surface area contributed by atoms with E-state index in [1.165, 1.54) is 0 Å². The highest BCUT2D eigenvalue weighted by Crippen LogP contribution is 2.27. The van der Waals surface area contributed by atoms with Crippen LogP contribution in [0.3, 0.4) is 0 Å². The zero-order chi connectivity index (χ0) is 14.4. The molecule has 0 N–H and O–H groups in total. The van der Waals surface area contributed by atoms with Gasteiger partial charge >= 0.3 is 0 Å². The first kappa shape index (κ1) is 15.9. The molecule has 0 radical (unpaired) electrons. The van der Waals surface area contributed by atoms with Gasteiger partial charge in [0.2, 0.25) is 0 Å². The molecule has 6 heteroatoms. The third-order valence-corrected chi connectivity index (χ3v) is 3.50. The SMILES string of the molecule is COCCN(c1ccc([N+](=O)[O-])c(CBr)c1)C(C)C. The Balaban J connectivity index is 3.07. The summed E-state index contributed by atoms with van der Waals surface area (Å²) in [6.45, 7) is 5.56. The summed E-state index contributed by atoms with van der Waals surface area (Å²) in [7, 11) is 1.66. The molecule has 0 saturated carbocycles. The van der Waals surface area contributed by atoms with Gasteiger partial charge in [-0.15, -0.1) is 0 Å². The van der Waals surface area contributed by atoms with Crippen molar-refractivity contribution < 1.29 is 9.66 Å². The van der Waals surface area contributed by atoms with Crippen LogP contribution >= 0.6 is 15.9 Å². The molecule has 106 valence electrons. The molecule has 0 aliphatic carbocycles. The van der Waals surface area contributed by atoms with Gasteiger partial charge in [0.15, 0.2) is 0 Å². The fraction of sp³-hybridized carbons (Fsp3) is 0.538. The lowest BCUT2D eigenvalue weighted by molar-refractivity contribution is -0.385. The summed E-state index contributed by atoms with van der Waals surface area (Å²) in [6, 6.07) is 5.52. The van der Waals surface area contributed by atoms with Crippen LogP contribution in [0.25, 0.3) is 0 Å². The molecule has 0 aromatic heterocycles. The van der Waals surface area contributed by atoms with Gasteiger partial charge in [-0.3, -0.25) is 10.1 Å². The van der Waals surface area contributed by atoms with Gasteiger partial charge in [0.1, 0.15) is 0 Å². The van der Waals surface area contributed by atoms with Crippen LogP contribution in [0.2, 0.25) is 0 Å². The van der Waals surface area contributed by atoms with Crippen molar-refractivity contribution in [3.8, 4) is 0 Å². The van der Waals surface area contributed by atoms with E-state index in [0.717, 1.165) is 12.2 Å². The second kappa shape index (κ2) is 7.45. The van der Waals surface area contributed by atoms with Crippen LogP contribution in [0, 0.1) is 10.1 Å². The predicted molar refractivity (Wildman–Crippen MR) is 80.1 cm³/mol. The zero-order valence-corrected chi connectivity index (χ0v) is 13.0. The first-order valence-electron chi connectivity index (χ1n) is 6.10. The van der Waals surface area contributed by atoms with Crippen LogP contribution in [0.4, 0.5) is 11.4 Å². The summed E-state index contributed by atoms with van der Waals surface area (Å²) < 4.78 is 5.10. The minimum Gasteiger partial charge on any atom is -0.383 e. The highest BCUT2D eigenvalue weighted by atomic mass is 79.9. The third-order valence-electron chi connectivity index (χ3n) is 2.90. The number of nitrogens with zero attached hydrogens (tertiary/aromatic N) is 2. The molecule has 0 bridgehead atoms. The molecule has 0 amide bonds. The molecule has 1 aromatic carbocycles. The topological polar surface area (TPSA) is 55.6 Å². The van der Waals surface area contributed by atoms with Crippen molar-refractivity contribution in [1.29, 1.82) is 0 Å². The maximum atomic E-state index is 10.9. The van der Waals surface area contributed by atoms with E-state index in [1.807, 2.05) is 6.07 Å². The van der Waals surface area contributed by atoms with E-state index >= 15 is 0 Å². The lowest BCUT2D eigenvalue weighted by Gasteiger charge is -2.29. The number of ether oxygens (including phenoxy) is 1. The molecule has 0 aliphatic heterocycles. The van der Waals surface area contributed by atoms with Gasteiger partial charge in [-0.2, -0.15) is 0 Å². The van der Waals surface area contributed by atoms with Crippen molar-refractivity contribution >= 4 is 27.3 Å². The molecule has 5 nitrogen and oxygen atoms in total. The minimum absolute atomic E-state index is 0.149. The summed E-state index contributed by atoms with van der Waals surface area (Å²) >= 11 is 3.30. The number of benzene rings is 1. The van der Waals surface area contributed by atoms with Crippen LogP contribution < -0.4 is 4.90 Å². The lowest BCUT2D eigenvalue weighted by Crippen LogP contribution is -2.33. The first-order chi connectivity index (χ1) is 9.01. The Morgan fingerprint density at radius 2 is 2.16 bits per heavy atom. The quantitative estimate of drug-likeness (QED) is 0.437. The molecule has 1 rings (SSSR count). The van der Waals surface area contributed by atoms with Crippen LogP contribution in [0.15, 0.2) is 18.2 Å². The van der Waals surface area contributed by atoms with E-state index in [4.69, 9.17) is 4.74 Å². The second-order valence-electron chi connectivity index (χ2n) is 4.48. The molecule has 0 heterocycles. The van der Waals surface area contributed by atoms with Gasteiger partial charge < -0.3 is 9.64 Å². The Kier molecular flexibility index (Phi) is 6.24. The summed E-state index contributed by atoms with van der Waals surface area (Å²) in [6.07, 6.45) is 0. The monoisotopic (exact) mass is 330 g/mol. The normalized spacial score (nSPS) is 10.8. The third kappa shape index (κ3) is 4.18. The van der Waals surface area contributed by atoms with E-state index in [-0.39, 0.29) is 10.6 Å². The van der Waals surface area contributed by atoms with Gasteiger partial charge in [0.05, 0.1) is 11.5 Å². The fourth-order valence-corrected chi connectivity index (χ4v) is 2.36. The Labute approximate surface area is 121 Å². The largest absolute Gasteiger partial charge is 0.383 e. The Hall–Kier alpha value is -1.14. The number of nitro benzene ring substituents is 1. The van der Waals surface area contributed by atoms with Gasteiger partial charge in [0.25, 0.3) is 5.69 Å². The van der Waals surface area contributed by atoms with Crippen LogP contribution in [0.1, 0.15) is 19.4 Å². The van der Waals surface area contributed by atoms with Crippen LogP contribution in [-0.2, 0) is 10.1 Å². The molecular weight excluding hydrogens is 312 g/mol. The minimum atomic E-state index is -0.352. The van der Waals surface area contributed by atoms with E-state index in [1.54, 1.807) is 19.2 Å². The number of hydrogen-bond acceptors (Lipinski definition) is 4. The smallest absolute Gasteiger partial charge is 0.273 e. The second-order valence-corrected chi connectivity index (χ2v) is 5.04. The van der Waals surface area contributed by atoms with Crippen molar-refractivity contribution in [2.24, 2.45) is 0 Å². The van der Waals surface area contributed by atoms with E-state index < -0.39 is 0 Å². The standard InChI is InChI=1S/C13H19BrN2O3/c1-10(2)15(6-7-19-3)12-4-5-13(16(17)18)11(8-12)9-14/h4-5,8,10H,6-7,9H2,1-3H3. The Bertz CT molecular complexity index is 438.